The van der Waals surface area contributed by atoms with E-state index in [9.17, 15) is 45.0 Å². The van der Waals surface area contributed by atoms with Crippen molar-refractivity contribution in [3.05, 3.63) is 77.0 Å². The summed E-state index contributed by atoms with van der Waals surface area (Å²) in [5, 5.41) is 9.79. The van der Waals surface area contributed by atoms with Crippen molar-refractivity contribution in [2.75, 3.05) is 0 Å². The molecule has 5 rings (SSSR count). The number of pyridine rings is 1. The Bertz CT molecular complexity index is 1490. The number of carbonyl (C=O) groups is 1. The molecule has 1 fully saturated rings. The number of fused-ring (bicyclic) bond motifs is 1. The number of ketones is 1. The molecular formula is C27H21F8NO4. The first-order valence-corrected chi connectivity index (χ1v) is 11.8. The molecule has 2 heterocycles. The van der Waals surface area contributed by atoms with Crippen molar-refractivity contribution >= 4 is 5.78 Å². The van der Waals surface area contributed by atoms with Crippen LogP contribution in [-0.2, 0) is 22.2 Å². The Balaban J connectivity index is 0.00000387. The first kappa shape index (κ1) is 27.8. The summed E-state index contributed by atoms with van der Waals surface area (Å²) in [6, 6.07) is 10.3. The maximum absolute atomic E-state index is 13.4. The molecule has 0 atom stereocenters. The number of benzene rings is 2. The van der Waals surface area contributed by atoms with Crippen LogP contribution in [-0.4, -0.2) is 34.5 Å². The lowest BCUT2D eigenvalue weighted by atomic mass is 9.88. The van der Waals surface area contributed by atoms with Crippen molar-refractivity contribution in [1.82, 2.24) is 4.98 Å². The monoisotopic (exact) mass is 575 g/mol. The Kier molecular flexibility index (Phi) is 6.18. The normalized spacial score (nSPS) is 17.6. The molecule has 1 aliphatic carbocycles. The summed E-state index contributed by atoms with van der Waals surface area (Å²) >= 11 is 0. The van der Waals surface area contributed by atoms with Gasteiger partial charge in [0.25, 0.3) is 5.60 Å². The highest BCUT2D eigenvalue weighted by atomic mass is 19.4. The van der Waals surface area contributed by atoms with Gasteiger partial charge >= 0.3 is 18.6 Å². The molecule has 1 saturated carbocycles. The summed E-state index contributed by atoms with van der Waals surface area (Å²) in [6.45, 7) is 1.53. The van der Waals surface area contributed by atoms with Gasteiger partial charge in [0.1, 0.15) is 5.78 Å². The van der Waals surface area contributed by atoms with E-state index in [0.29, 0.717) is 36.1 Å². The van der Waals surface area contributed by atoms with Gasteiger partial charge in [-0.25, -0.2) is 0 Å². The number of hydrogen-bond donors (Lipinski definition) is 1. The van der Waals surface area contributed by atoms with Crippen LogP contribution in [0, 0.1) is 6.92 Å². The minimum absolute atomic E-state index is 0. The Hall–Kier alpha value is -3.74. The summed E-state index contributed by atoms with van der Waals surface area (Å²) in [7, 11) is 0. The molecule has 214 valence electrons. The van der Waals surface area contributed by atoms with E-state index < -0.39 is 35.2 Å². The van der Waals surface area contributed by atoms with Crippen LogP contribution in [0.4, 0.5) is 35.1 Å². The van der Waals surface area contributed by atoms with Gasteiger partial charge in [-0.3, -0.25) is 9.78 Å². The van der Waals surface area contributed by atoms with Crippen LogP contribution in [0.2, 0.25) is 0 Å². The molecular weight excluding hydrogens is 554 g/mol. The lowest BCUT2D eigenvalue weighted by Crippen LogP contribution is -2.53. The van der Waals surface area contributed by atoms with E-state index in [-0.39, 0.29) is 42.1 Å². The second-order valence-electron chi connectivity index (χ2n) is 9.77. The van der Waals surface area contributed by atoms with E-state index in [4.69, 9.17) is 0 Å². The van der Waals surface area contributed by atoms with Gasteiger partial charge in [0.05, 0.1) is 11.1 Å². The number of Topliss-reactive ketones (excluding diaryl/α,β-unsaturated/α-hetero) is 1. The number of carbonyl (C=O) groups excluding carboxylic acids is 1. The van der Waals surface area contributed by atoms with Crippen molar-refractivity contribution < 1.29 is 55.9 Å². The number of ether oxygens (including phenoxy) is 2. The van der Waals surface area contributed by atoms with Gasteiger partial charge in [-0.15, -0.1) is 8.78 Å². The second kappa shape index (κ2) is 8.88. The van der Waals surface area contributed by atoms with Crippen molar-refractivity contribution in [2.24, 2.45) is 0 Å². The van der Waals surface area contributed by atoms with E-state index in [1.807, 2.05) is 0 Å². The van der Waals surface area contributed by atoms with Crippen LogP contribution in [0.5, 0.6) is 11.5 Å². The number of aromatic nitrogens is 1. The van der Waals surface area contributed by atoms with Crippen LogP contribution in [0.25, 0.3) is 11.3 Å². The Morgan fingerprint density at radius 2 is 1.60 bits per heavy atom. The summed E-state index contributed by atoms with van der Waals surface area (Å²) < 4.78 is 116. The van der Waals surface area contributed by atoms with Crippen LogP contribution in [0.1, 0.15) is 36.7 Å². The first-order chi connectivity index (χ1) is 18.5. The van der Waals surface area contributed by atoms with Crippen molar-refractivity contribution in [1.29, 1.82) is 0 Å². The fourth-order valence-electron chi connectivity index (χ4n) is 4.77. The molecule has 2 aromatic carbocycles. The predicted octanol–water partition coefficient (Wildman–Crippen LogP) is 6.78. The highest BCUT2D eigenvalue weighted by Gasteiger charge is 2.71. The van der Waals surface area contributed by atoms with E-state index in [1.165, 1.54) is 43.3 Å². The predicted molar refractivity (Wildman–Crippen MR) is 125 cm³/mol. The number of aliphatic hydroxyl groups is 1. The molecule has 1 aliphatic heterocycles. The molecule has 2 aliphatic rings. The van der Waals surface area contributed by atoms with E-state index >= 15 is 0 Å². The lowest BCUT2D eigenvalue weighted by Gasteiger charge is -2.32. The van der Waals surface area contributed by atoms with Gasteiger partial charge in [-0.05, 0) is 55.2 Å². The van der Waals surface area contributed by atoms with Crippen LogP contribution in [0.15, 0.2) is 54.6 Å². The topological polar surface area (TPSA) is 68.7 Å². The summed E-state index contributed by atoms with van der Waals surface area (Å²) in [4.78, 5) is 17.7. The zero-order valence-corrected chi connectivity index (χ0v) is 20.5. The number of nitrogens with zero attached hydrogens (tertiary/aromatic N) is 1. The number of rotatable bonds is 6. The molecule has 5 nitrogen and oxygen atoms in total. The summed E-state index contributed by atoms with van der Waals surface area (Å²) in [5.41, 5.74) is -6.61. The largest absolute Gasteiger partial charge is 0.586 e. The smallest absolute Gasteiger partial charge is 0.395 e. The minimum Gasteiger partial charge on any atom is -0.395 e. The van der Waals surface area contributed by atoms with E-state index in [1.54, 1.807) is 0 Å². The average molecular weight is 575 g/mol. The standard InChI is InChI=1S/C27H19F8NO4.H2/c1-14-5-7-18(13-21(37)23(9-10-23)16-6-8-19-20(12-16)40-27(34,35)39-19)36-22(14)15-3-2-4-17(11-15)24(38,25(28,29)30)26(31,32)33;/h2-8,11-12,38H,9-10,13H2,1H3;1H. The van der Waals surface area contributed by atoms with Gasteiger partial charge in [-0.2, -0.15) is 26.3 Å². The fraction of sp³-hybridized carbons (Fsp3) is 0.333. The Morgan fingerprint density at radius 3 is 2.23 bits per heavy atom. The third-order valence-electron chi connectivity index (χ3n) is 7.11. The molecule has 0 amide bonds. The van der Waals surface area contributed by atoms with Gasteiger partial charge < -0.3 is 14.6 Å². The van der Waals surface area contributed by atoms with Gasteiger partial charge in [0, 0.05) is 24.7 Å². The van der Waals surface area contributed by atoms with E-state index in [0.717, 1.165) is 6.07 Å². The second-order valence-corrected chi connectivity index (χ2v) is 9.77. The molecule has 0 saturated heterocycles. The Morgan fingerprint density at radius 1 is 0.950 bits per heavy atom. The third kappa shape index (κ3) is 4.55. The average Bonchev–Trinajstić information content (AvgIpc) is 3.60. The van der Waals surface area contributed by atoms with Gasteiger partial charge in [0.15, 0.2) is 11.5 Å². The maximum Gasteiger partial charge on any atom is 0.586 e. The molecule has 40 heavy (non-hydrogen) atoms. The highest BCUT2D eigenvalue weighted by molar-refractivity contribution is 5.94. The summed E-state index contributed by atoms with van der Waals surface area (Å²) in [5.74, 6) is -0.695. The lowest BCUT2D eigenvalue weighted by molar-refractivity contribution is -0.376. The van der Waals surface area contributed by atoms with Crippen LogP contribution < -0.4 is 9.47 Å². The van der Waals surface area contributed by atoms with Gasteiger partial charge in [-0.1, -0.05) is 30.3 Å². The Labute approximate surface area is 222 Å². The zero-order chi connectivity index (χ0) is 29.3. The molecule has 0 spiro atoms. The maximum atomic E-state index is 13.4. The number of alkyl halides is 8. The molecule has 1 N–H and O–H groups in total. The van der Waals surface area contributed by atoms with Crippen molar-refractivity contribution in [2.45, 2.75) is 55.8 Å². The van der Waals surface area contributed by atoms with Crippen molar-refractivity contribution in [3.8, 4) is 22.8 Å². The fourth-order valence-corrected chi connectivity index (χ4v) is 4.77. The molecule has 1 aromatic heterocycles. The number of aryl methyl sites for hydroxylation is 1. The summed E-state index contributed by atoms with van der Waals surface area (Å²) in [6.07, 6.45) is -15.3. The first-order valence-electron chi connectivity index (χ1n) is 11.8. The highest BCUT2D eigenvalue weighted by Crippen LogP contribution is 2.53. The SMILES string of the molecule is Cc1ccc(CC(=O)C2(c3ccc4c(c3)OC(F)(F)O4)CC2)nc1-c1cccc(C(O)(C(F)(F)F)C(F)(F)F)c1.[HH]. The number of hydrogen-bond acceptors (Lipinski definition) is 5. The zero-order valence-electron chi connectivity index (χ0n) is 20.5. The molecule has 3 aromatic rings. The third-order valence-corrected chi connectivity index (χ3v) is 7.11. The minimum atomic E-state index is -6.05. The number of halogens is 8. The van der Waals surface area contributed by atoms with Gasteiger partial charge in [0.2, 0.25) is 0 Å². The van der Waals surface area contributed by atoms with E-state index in [2.05, 4.69) is 14.5 Å². The van der Waals surface area contributed by atoms with Crippen LogP contribution >= 0.6 is 0 Å². The molecule has 0 radical (unpaired) electrons. The molecule has 13 heteroatoms. The quantitative estimate of drug-likeness (QED) is 0.329. The molecule has 0 unspecified atom stereocenters. The van der Waals surface area contributed by atoms with Crippen molar-refractivity contribution in [3.63, 3.8) is 0 Å². The van der Waals surface area contributed by atoms with Crippen LogP contribution in [0.3, 0.4) is 0 Å². The molecule has 0 bridgehead atoms.